The summed E-state index contributed by atoms with van der Waals surface area (Å²) < 4.78 is 0. The van der Waals surface area contributed by atoms with E-state index in [4.69, 9.17) is 5.11 Å². The summed E-state index contributed by atoms with van der Waals surface area (Å²) in [6, 6.07) is 0. The van der Waals surface area contributed by atoms with Crippen molar-refractivity contribution in [1.29, 1.82) is 0 Å². The van der Waals surface area contributed by atoms with Crippen molar-refractivity contribution in [2.75, 3.05) is 23.9 Å². The first-order chi connectivity index (χ1) is 4.41. The molecule has 0 aromatic rings. The molecule has 1 N–H and O–H groups in total. The first kappa shape index (κ1) is 9.40. The van der Waals surface area contributed by atoms with Crippen LogP contribution in [0.5, 0.6) is 0 Å². The van der Waals surface area contributed by atoms with E-state index in [-0.39, 0.29) is 0 Å². The maximum atomic E-state index is 8.37. The number of rotatable bonds is 6. The molecule has 0 aliphatic carbocycles. The van der Waals surface area contributed by atoms with Crippen molar-refractivity contribution >= 4 is 23.5 Å². The van der Waals surface area contributed by atoms with Gasteiger partial charge in [-0.15, -0.1) is 11.8 Å². The van der Waals surface area contributed by atoms with Crippen LogP contribution in [0.1, 0.15) is 0 Å². The Balaban J connectivity index is 2.66. The van der Waals surface area contributed by atoms with Gasteiger partial charge in [0.25, 0.3) is 0 Å². The summed E-state index contributed by atoms with van der Waals surface area (Å²) in [6.07, 6.45) is 0. The Kier molecular flexibility index (Phi) is 8.77. The van der Waals surface area contributed by atoms with Crippen LogP contribution < -0.4 is 0 Å². The highest BCUT2D eigenvalue weighted by Crippen LogP contribution is 2.05. The third-order valence-electron chi connectivity index (χ3n) is 0.699. The van der Waals surface area contributed by atoms with Crippen molar-refractivity contribution in [3.63, 3.8) is 0 Å². The molecule has 54 valence electrons. The van der Waals surface area contributed by atoms with E-state index in [2.05, 4.69) is 6.58 Å². The lowest BCUT2D eigenvalue weighted by molar-refractivity contribution is 0.322. The van der Waals surface area contributed by atoms with Gasteiger partial charge in [0.2, 0.25) is 0 Å². The van der Waals surface area contributed by atoms with Gasteiger partial charge < -0.3 is 5.11 Å². The van der Waals surface area contributed by atoms with Crippen LogP contribution in [0.2, 0.25) is 0 Å². The van der Waals surface area contributed by atoms with Crippen LogP contribution in [0.25, 0.3) is 0 Å². The van der Waals surface area contributed by atoms with Crippen molar-refractivity contribution in [3.05, 3.63) is 12.0 Å². The normalized spacial score (nSPS) is 9.44. The maximum Gasteiger partial charge on any atom is 0.0521 e. The molecule has 0 heterocycles. The second kappa shape index (κ2) is 8.40. The summed E-state index contributed by atoms with van der Waals surface area (Å²) in [5.41, 5.74) is 0. The van der Waals surface area contributed by atoms with E-state index in [0.29, 0.717) is 6.61 Å². The lowest BCUT2D eigenvalue weighted by Gasteiger charge is -1.94. The van der Waals surface area contributed by atoms with Crippen LogP contribution in [0, 0.1) is 0 Å². The molecule has 0 radical (unpaired) electrons. The summed E-state index contributed by atoms with van der Waals surface area (Å²) >= 11 is 3.49. The van der Waals surface area contributed by atoms with E-state index in [1.54, 1.807) is 23.5 Å². The molecule has 1 nitrogen and oxygen atoms in total. The van der Waals surface area contributed by atoms with Crippen molar-refractivity contribution in [2.24, 2.45) is 0 Å². The summed E-state index contributed by atoms with van der Waals surface area (Å²) in [4.78, 5) is 0. The van der Waals surface area contributed by atoms with E-state index in [1.807, 2.05) is 5.41 Å². The molecule has 0 atom stereocenters. The molecule has 0 saturated carbocycles. The SMILES string of the molecule is C=CSCCSCCO. The van der Waals surface area contributed by atoms with Crippen molar-refractivity contribution < 1.29 is 5.11 Å². The molecule has 0 amide bonds. The Morgan fingerprint density at radius 2 is 2.11 bits per heavy atom. The monoisotopic (exact) mass is 164 g/mol. The zero-order valence-corrected chi connectivity index (χ0v) is 7.01. The molecular weight excluding hydrogens is 152 g/mol. The first-order valence-corrected chi connectivity index (χ1v) is 5.03. The van der Waals surface area contributed by atoms with Crippen molar-refractivity contribution in [2.45, 2.75) is 0 Å². The average molecular weight is 164 g/mol. The highest BCUT2D eigenvalue weighted by Gasteiger charge is 1.85. The van der Waals surface area contributed by atoms with E-state index in [1.165, 1.54) is 0 Å². The highest BCUT2D eigenvalue weighted by atomic mass is 32.2. The lowest BCUT2D eigenvalue weighted by Crippen LogP contribution is -1.89. The molecule has 0 spiro atoms. The number of aliphatic hydroxyl groups is 1. The van der Waals surface area contributed by atoms with Gasteiger partial charge in [-0.25, -0.2) is 0 Å². The van der Waals surface area contributed by atoms with Crippen LogP contribution in [-0.4, -0.2) is 29.0 Å². The number of thioether (sulfide) groups is 2. The Morgan fingerprint density at radius 1 is 1.33 bits per heavy atom. The zero-order valence-electron chi connectivity index (χ0n) is 5.38. The number of aliphatic hydroxyl groups excluding tert-OH is 1. The van der Waals surface area contributed by atoms with Gasteiger partial charge in [-0.05, 0) is 5.41 Å². The fourth-order valence-electron chi connectivity index (χ4n) is 0.357. The van der Waals surface area contributed by atoms with Gasteiger partial charge in [-0.2, -0.15) is 11.8 Å². The van der Waals surface area contributed by atoms with Crippen molar-refractivity contribution in [3.8, 4) is 0 Å². The first-order valence-electron chi connectivity index (χ1n) is 2.83. The molecule has 0 aromatic carbocycles. The quantitative estimate of drug-likeness (QED) is 0.602. The topological polar surface area (TPSA) is 20.2 Å². The average Bonchev–Trinajstić information content (AvgIpc) is 1.89. The molecule has 0 fully saturated rings. The van der Waals surface area contributed by atoms with Gasteiger partial charge in [0.1, 0.15) is 0 Å². The number of hydrogen-bond acceptors (Lipinski definition) is 3. The maximum absolute atomic E-state index is 8.37. The Bertz CT molecular complexity index is 66.1. The third kappa shape index (κ3) is 8.40. The highest BCUT2D eigenvalue weighted by molar-refractivity contribution is 8.04. The minimum Gasteiger partial charge on any atom is -0.396 e. The summed E-state index contributed by atoms with van der Waals surface area (Å²) in [6.45, 7) is 3.88. The zero-order chi connectivity index (χ0) is 6.95. The van der Waals surface area contributed by atoms with Crippen LogP contribution in [-0.2, 0) is 0 Å². The number of hydrogen-bond donors (Lipinski definition) is 1. The van der Waals surface area contributed by atoms with Crippen LogP contribution in [0.3, 0.4) is 0 Å². The smallest absolute Gasteiger partial charge is 0.0521 e. The molecule has 0 aliphatic heterocycles. The summed E-state index contributed by atoms with van der Waals surface area (Å²) in [5.74, 6) is 3.07. The van der Waals surface area contributed by atoms with E-state index >= 15 is 0 Å². The molecule has 0 aromatic heterocycles. The van der Waals surface area contributed by atoms with E-state index < -0.39 is 0 Å². The standard InChI is InChI=1S/C6H12OS2/c1-2-8-5-6-9-4-3-7/h2,7H,1,3-6H2. The minimum absolute atomic E-state index is 0.295. The van der Waals surface area contributed by atoms with E-state index in [0.717, 1.165) is 17.3 Å². The molecule has 0 aliphatic rings. The Morgan fingerprint density at radius 3 is 2.67 bits per heavy atom. The molecule has 0 bridgehead atoms. The van der Waals surface area contributed by atoms with Gasteiger partial charge in [0, 0.05) is 17.3 Å². The Hall–Kier alpha value is 0.400. The summed E-state index contributed by atoms with van der Waals surface area (Å²) in [5, 5.41) is 10.2. The molecule has 9 heavy (non-hydrogen) atoms. The molecular formula is C6H12OS2. The molecule has 0 unspecified atom stereocenters. The Labute approximate surface area is 64.9 Å². The third-order valence-corrected chi connectivity index (χ3v) is 2.60. The predicted molar refractivity (Wildman–Crippen MR) is 47.1 cm³/mol. The largest absolute Gasteiger partial charge is 0.396 e. The van der Waals surface area contributed by atoms with Gasteiger partial charge in [-0.3, -0.25) is 0 Å². The lowest BCUT2D eigenvalue weighted by atomic mass is 10.9. The fraction of sp³-hybridized carbons (Fsp3) is 0.667. The van der Waals surface area contributed by atoms with Gasteiger partial charge in [0.15, 0.2) is 0 Å². The molecule has 0 saturated heterocycles. The second-order valence-electron chi connectivity index (χ2n) is 1.37. The van der Waals surface area contributed by atoms with Gasteiger partial charge >= 0.3 is 0 Å². The summed E-state index contributed by atoms with van der Waals surface area (Å²) in [7, 11) is 0. The van der Waals surface area contributed by atoms with Crippen LogP contribution in [0.15, 0.2) is 12.0 Å². The van der Waals surface area contributed by atoms with E-state index in [9.17, 15) is 0 Å². The van der Waals surface area contributed by atoms with Crippen LogP contribution in [0.4, 0.5) is 0 Å². The molecule has 3 heteroatoms. The van der Waals surface area contributed by atoms with Gasteiger partial charge in [0.05, 0.1) is 6.61 Å². The second-order valence-corrected chi connectivity index (χ2v) is 3.67. The van der Waals surface area contributed by atoms with Gasteiger partial charge in [-0.1, -0.05) is 6.58 Å². The predicted octanol–water partition coefficient (Wildman–Crippen LogP) is 1.59. The van der Waals surface area contributed by atoms with Crippen molar-refractivity contribution in [1.82, 2.24) is 0 Å². The fourth-order valence-corrected chi connectivity index (χ4v) is 1.71. The van der Waals surface area contributed by atoms with Crippen LogP contribution >= 0.6 is 23.5 Å². The minimum atomic E-state index is 0.295. The molecule has 0 rings (SSSR count).